The molecule has 4 nitrogen and oxygen atoms in total. The van der Waals surface area contributed by atoms with Gasteiger partial charge in [0.05, 0.1) is 11.1 Å². The molecule has 0 aliphatic rings. The number of ketones is 1. The number of carbonyl (C=O) groups is 1. The van der Waals surface area contributed by atoms with E-state index in [1.54, 1.807) is 24.3 Å². The predicted octanol–water partition coefficient (Wildman–Crippen LogP) is 2.76. The second-order valence-corrected chi connectivity index (χ2v) is 6.45. The van der Waals surface area contributed by atoms with E-state index in [1.165, 1.54) is 25.1 Å². The van der Waals surface area contributed by atoms with Crippen molar-refractivity contribution in [1.29, 1.82) is 0 Å². The van der Waals surface area contributed by atoms with Crippen molar-refractivity contribution < 1.29 is 17.6 Å². The van der Waals surface area contributed by atoms with Crippen molar-refractivity contribution in [2.24, 2.45) is 5.73 Å². The standard InChI is InChI=1S/C16H14FNO3S/c1-11(19)12-6-8-13(9-7-12)15(18)10-22(20,21)16-5-3-2-4-14(16)17/h2-10H,18H2,1H3/b15-10-. The van der Waals surface area contributed by atoms with E-state index in [4.69, 9.17) is 5.73 Å². The highest BCUT2D eigenvalue weighted by Gasteiger charge is 2.17. The Morgan fingerprint density at radius 1 is 1.05 bits per heavy atom. The molecule has 0 fully saturated rings. The molecule has 2 N–H and O–H groups in total. The molecule has 0 radical (unpaired) electrons. The average Bonchev–Trinajstić information content (AvgIpc) is 2.47. The second kappa shape index (κ2) is 6.11. The molecule has 0 spiro atoms. The zero-order chi connectivity index (χ0) is 16.3. The average molecular weight is 319 g/mol. The van der Waals surface area contributed by atoms with E-state index in [9.17, 15) is 17.6 Å². The SMILES string of the molecule is CC(=O)c1ccc(/C(N)=C/S(=O)(=O)c2ccccc2F)cc1. The molecule has 2 aromatic rings. The Bertz CT molecular complexity index is 840. The molecule has 6 heteroatoms. The van der Waals surface area contributed by atoms with Crippen LogP contribution in [0.4, 0.5) is 4.39 Å². The maximum atomic E-state index is 13.6. The summed E-state index contributed by atoms with van der Waals surface area (Å²) in [5.74, 6) is -0.938. The number of Topliss-reactive ketones (excluding diaryl/α,β-unsaturated/α-hetero) is 1. The number of hydrogen-bond acceptors (Lipinski definition) is 4. The fraction of sp³-hybridized carbons (Fsp3) is 0.0625. The van der Waals surface area contributed by atoms with Gasteiger partial charge in [-0.25, -0.2) is 12.8 Å². The summed E-state index contributed by atoms with van der Waals surface area (Å²) in [6, 6.07) is 11.3. The van der Waals surface area contributed by atoms with Crippen LogP contribution in [0.25, 0.3) is 5.70 Å². The maximum absolute atomic E-state index is 13.6. The summed E-state index contributed by atoms with van der Waals surface area (Å²) in [6.07, 6.45) is 0. The molecule has 2 aromatic carbocycles. The summed E-state index contributed by atoms with van der Waals surface area (Å²) in [4.78, 5) is 10.8. The number of nitrogens with two attached hydrogens (primary N) is 1. The van der Waals surface area contributed by atoms with E-state index in [1.807, 2.05) is 0 Å². The topological polar surface area (TPSA) is 77.2 Å². The fourth-order valence-corrected chi connectivity index (χ4v) is 3.08. The molecule has 0 amide bonds. The van der Waals surface area contributed by atoms with Gasteiger partial charge in [0.25, 0.3) is 0 Å². The van der Waals surface area contributed by atoms with Crippen LogP contribution in [0.2, 0.25) is 0 Å². The van der Waals surface area contributed by atoms with Crippen molar-refractivity contribution in [3.8, 4) is 0 Å². The Hall–Kier alpha value is -2.47. The van der Waals surface area contributed by atoms with Crippen molar-refractivity contribution in [2.75, 3.05) is 0 Å². The molecule has 114 valence electrons. The molecule has 0 aliphatic heterocycles. The first-order chi connectivity index (χ1) is 10.3. The molecule has 0 saturated carbocycles. The maximum Gasteiger partial charge on any atom is 0.204 e. The lowest BCUT2D eigenvalue weighted by atomic mass is 10.1. The first kappa shape index (κ1) is 15.9. The van der Waals surface area contributed by atoms with Crippen molar-refractivity contribution >= 4 is 21.3 Å². The minimum Gasteiger partial charge on any atom is -0.398 e. The van der Waals surface area contributed by atoms with E-state index in [2.05, 4.69) is 0 Å². The van der Waals surface area contributed by atoms with Crippen molar-refractivity contribution in [1.82, 2.24) is 0 Å². The summed E-state index contributed by atoms with van der Waals surface area (Å²) < 4.78 is 37.9. The molecule has 0 atom stereocenters. The number of halogens is 1. The van der Waals surface area contributed by atoms with Gasteiger partial charge in [-0.3, -0.25) is 4.79 Å². The lowest BCUT2D eigenvalue weighted by Crippen LogP contribution is -2.05. The largest absolute Gasteiger partial charge is 0.398 e. The Balaban J connectivity index is 2.39. The van der Waals surface area contributed by atoms with Gasteiger partial charge in [-0.1, -0.05) is 36.4 Å². The zero-order valence-electron chi connectivity index (χ0n) is 11.8. The smallest absolute Gasteiger partial charge is 0.204 e. The van der Waals surface area contributed by atoms with Gasteiger partial charge >= 0.3 is 0 Å². The Morgan fingerprint density at radius 3 is 2.14 bits per heavy atom. The highest BCUT2D eigenvalue weighted by molar-refractivity contribution is 7.94. The minimum atomic E-state index is -3.99. The minimum absolute atomic E-state index is 0.0293. The summed E-state index contributed by atoms with van der Waals surface area (Å²) in [7, 11) is -3.99. The summed E-state index contributed by atoms with van der Waals surface area (Å²) in [5, 5.41) is 0.814. The molecule has 0 aliphatic carbocycles. The second-order valence-electron chi connectivity index (χ2n) is 4.68. The van der Waals surface area contributed by atoms with Crippen molar-refractivity contribution in [3.63, 3.8) is 0 Å². The first-order valence-electron chi connectivity index (χ1n) is 6.39. The van der Waals surface area contributed by atoms with Gasteiger partial charge < -0.3 is 5.73 Å². The highest BCUT2D eigenvalue weighted by Crippen LogP contribution is 2.20. The Morgan fingerprint density at radius 2 is 1.59 bits per heavy atom. The molecule has 2 rings (SSSR count). The predicted molar refractivity (Wildman–Crippen MR) is 82.2 cm³/mol. The van der Waals surface area contributed by atoms with Crippen LogP contribution >= 0.6 is 0 Å². The highest BCUT2D eigenvalue weighted by atomic mass is 32.2. The summed E-state index contributed by atoms with van der Waals surface area (Å²) >= 11 is 0. The van der Waals surface area contributed by atoms with Gasteiger partial charge in [0.15, 0.2) is 5.78 Å². The quantitative estimate of drug-likeness (QED) is 0.879. The Labute approximate surface area is 128 Å². The zero-order valence-corrected chi connectivity index (χ0v) is 12.6. The van der Waals surface area contributed by atoms with Crippen LogP contribution in [0.5, 0.6) is 0 Å². The van der Waals surface area contributed by atoms with E-state index < -0.39 is 20.5 Å². The number of benzene rings is 2. The molecule has 0 heterocycles. The fourth-order valence-electron chi connectivity index (χ4n) is 1.87. The van der Waals surface area contributed by atoms with Gasteiger partial charge in [0, 0.05) is 5.56 Å². The molecular weight excluding hydrogens is 305 g/mol. The van der Waals surface area contributed by atoms with Gasteiger partial charge in [-0.15, -0.1) is 0 Å². The molecule has 0 saturated heterocycles. The molecular formula is C16H14FNO3S. The third kappa shape index (κ3) is 3.40. The van der Waals surface area contributed by atoms with E-state index in [0.717, 1.165) is 11.5 Å². The summed E-state index contributed by atoms with van der Waals surface area (Å²) in [6.45, 7) is 1.43. The van der Waals surface area contributed by atoms with E-state index in [0.29, 0.717) is 11.1 Å². The van der Waals surface area contributed by atoms with Crippen LogP contribution < -0.4 is 5.73 Å². The normalized spacial score (nSPS) is 12.2. The van der Waals surface area contributed by atoms with Crippen molar-refractivity contribution in [2.45, 2.75) is 11.8 Å². The molecule has 0 aromatic heterocycles. The van der Waals surface area contributed by atoms with Crippen LogP contribution in [0, 0.1) is 5.82 Å². The van der Waals surface area contributed by atoms with Gasteiger partial charge in [0.2, 0.25) is 9.84 Å². The van der Waals surface area contributed by atoms with Crippen LogP contribution in [0.15, 0.2) is 58.8 Å². The third-order valence-corrected chi connectivity index (χ3v) is 4.56. The Kier molecular flexibility index (Phi) is 4.42. The van der Waals surface area contributed by atoms with Gasteiger partial charge in [-0.2, -0.15) is 0 Å². The number of carbonyl (C=O) groups excluding carboxylic acids is 1. The molecule has 0 bridgehead atoms. The van der Waals surface area contributed by atoms with E-state index in [-0.39, 0.29) is 11.5 Å². The van der Waals surface area contributed by atoms with Gasteiger partial charge in [-0.05, 0) is 24.6 Å². The third-order valence-electron chi connectivity index (χ3n) is 3.05. The van der Waals surface area contributed by atoms with E-state index >= 15 is 0 Å². The monoisotopic (exact) mass is 319 g/mol. The van der Waals surface area contributed by atoms with Crippen LogP contribution in [0.1, 0.15) is 22.8 Å². The molecule has 0 unspecified atom stereocenters. The summed E-state index contributed by atoms with van der Waals surface area (Å²) in [5.41, 5.74) is 6.67. The van der Waals surface area contributed by atoms with Crippen LogP contribution in [-0.2, 0) is 9.84 Å². The molecule has 22 heavy (non-hydrogen) atoms. The van der Waals surface area contributed by atoms with Crippen LogP contribution in [0.3, 0.4) is 0 Å². The van der Waals surface area contributed by atoms with Crippen molar-refractivity contribution in [3.05, 3.63) is 70.9 Å². The lowest BCUT2D eigenvalue weighted by Gasteiger charge is -2.05. The lowest BCUT2D eigenvalue weighted by molar-refractivity contribution is 0.101. The number of hydrogen-bond donors (Lipinski definition) is 1. The number of sulfone groups is 1. The van der Waals surface area contributed by atoms with Crippen LogP contribution in [-0.4, -0.2) is 14.2 Å². The number of rotatable bonds is 4. The first-order valence-corrected chi connectivity index (χ1v) is 7.94. The van der Waals surface area contributed by atoms with Gasteiger partial charge in [0.1, 0.15) is 10.7 Å².